The Kier molecular flexibility index (Phi) is 6.11. The quantitative estimate of drug-likeness (QED) is 0.729. The van der Waals surface area contributed by atoms with Crippen molar-refractivity contribution in [1.82, 2.24) is 20.0 Å². The van der Waals surface area contributed by atoms with E-state index in [1.54, 1.807) is 28.8 Å². The summed E-state index contributed by atoms with van der Waals surface area (Å²) >= 11 is 0. The molecule has 2 aromatic rings. The highest BCUT2D eigenvalue weighted by Crippen LogP contribution is 2.36. The zero-order valence-electron chi connectivity index (χ0n) is 16.9. The molecule has 1 atom stereocenters. The van der Waals surface area contributed by atoms with E-state index in [0.29, 0.717) is 35.7 Å². The van der Waals surface area contributed by atoms with E-state index in [4.69, 9.17) is 5.73 Å². The number of halogens is 2. The van der Waals surface area contributed by atoms with Crippen LogP contribution in [0, 0.1) is 5.92 Å². The largest absolute Gasteiger partial charge is 0.469 e. The fraction of sp³-hybridized carbons (Fsp3) is 0.579. The topological polar surface area (TPSA) is 99.2 Å². The SMILES string of the molecule is CCc1nc(-c2nnn(C)c2CN)ccc1N1CC(CC(=O)OC)CC(F)(F)C1. The lowest BCUT2D eigenvalue weighted by atomic mass is 9.91. The number of ether oxygens (including phenoxy) is 1. The van der Waals surface area contributed by atoms with Gasteiger partial charge in [0.1, 0.15) is 5.69 Å². The van der Waals surface area contributed by atoms with Gasteiger partial charge in [-0.1, -0.05) is 12.1 Å². The van der Waals surface area contributed by atoms with Gasteiger partial charge in [-0.15, -0.1) is 5.10 Å². The number of carbonyl (C=O) groups excluding carboxylic acids is 1. The Morgan fingerprint density at radius 3 is 2.83 bits per heavy atom. The van der Waals surface area contributed by atoms with Crippen LogP contribution in [0.15, 0.2) is 12.1 Å². The molecule has 2 N–H and O–H groups in total. The highest BCUT2D eigenvalue weighted by molar-refractivity contribution is 5.69. The van der Waals surface area contributed by atoms with E-state index >= 15 is 0 Å². The second-order valence-electron chi connectivity index (χ2n) is 7.32. The molecule has 0 spiro atoms. The number of anilines is 1. The predicted octanol–water partition coefficient (Wildman–Crippen LogP) is 1.92. The van der Waals surface area contributed by atoms with E-state index in [2.05, 4.69) is 20.0 Å². The standard InChI is InChI=1S/C19H26F2N6O2/c1-4-13-15(6-5-14(23-13)18-16(9-22)26(2)25-24-18)27-10-12(7-17(28)29-3)8-19(20,21)11-27/h5-6,12H,4,7-11,22H2,1-3H3. The van der Waals surface area contributed by atoms with Crippen molar-refractivity contribution in [3.05, 3.63) is 23.5 Å². The summed E-state index contributed by atoms with van der Waals surface area (Å²) in [7, 11) is 3.02. The van der Waals surface area contributed by atoms with E-state index < -0.39 is 24.4 Å². The van der Waals surface area contributed by atoms with Crippen LogP contribution in [0.4, 0.5) is 14.5 Å². The normalized spacial score (nSPS) is 18.7. The number of aryl methyl sites for hydroxylation is 2. The molecule has 29 heavy (non-hydrogen) atoms. The number of pyridine rings is 1. The number of aromatic nitrogens is 4. The Morgan fingerprint density at radius 2 is 2.17 bits per heavy atom. The van der Waals surface area contributed by atoms with Crippen LogP contribution in [-0.2, 0) is 29.5 Å². The Hall–Kier alpha value is -2.62. The van der Waals surface area contributed by atoms with Gasteiger partial charge in [0.2, 0.25) is 0 Å². The zero-order valence-corrected chi connectivity index (χ0v) is 16.9. The molecule has 1 fully saturated rings. The maximum absolute atomic E-state index is 14.4. The van der Waals surface area contributed by atoms with Gasteiger partial charge in [0.05, 0.1) is 42.8 Å². The number of methoxy groups -OCH3 is 1. The van der Waals surface area contributed by atoms with Crippen molar-refractivity contribution in [2.24, 2.45) is 18.7 Å². The second kappa shape index (κ2) is 8.40. The molecular formula is C19H26F2N6O2. The number of piperidine rings is 1. The summed E-state index contributed by atoms with van der Waals surface area (Å²) in [6.45, 7) is 2.12. The summed E-state index contributed by atoms with van der Waals surface area (Å²) in [6.07, 6.45) is 0.200. The van der Waals surface area contributed by atoms with Crippen LogP contribution in [0.25, 0.3) is 11.4 Å². The first kappa shape index (κ1) is 21.1. The second-order valence-corrected chi connectivity index (χ2v) is 7.32. The maximum Gasteiger partial charge on any atom is 0.305 e. The van der Waals surface area contributed by atoms with Crippen molar-refractivity contribution < 1.29 is 18.3 Å². The van der Waals surface area contributed by atoms with Gasteiger partial charge in [0, 0.05) is 26.6 Å². The van der Waals surface area contributed by atoms with Gasteiger partial charge in [-0.2, -0.15) is 0 Å². The highest BCUT2D eigenvalue weighted by Gasteiger charge is 2.41. The van der Waals surface area contributed by atoms with Gasteiger partial charge in [0.15, 0.2) is 0 Å². The molecule has 3 rings (SSSR count). The van der Waals surface area contributed by atoms with Crippen molar-refractivity contribution in [2.45, 2.75) is 38.7 Å². The van der Waals surface area contributed by atoms with Crippen LogP contribution >= 0.6 is 0 Å². The third kappa shape index (κ3) is 4.52. The number of nitrogens with two attached hydrogens (primary N) is 1. The summed E-state index contributed by atoms with van der Waals surface area (Å²) < 4.78 is 35.0. The van der Waals surface area contributed by atoms with Crippen LogP contribution < -0.4 is 10.6 Å². The lowest BCUT2D eigenvalue weighted by Gasteiger charge is -2.39. The molecule has 0 bridgehead atoms. The zero-order chi connectivity index (χ0) is 21.2. The highest BCUT2D eigenvalue weighted by atomic mass is 19.3. The molecule has 0 saturated carbocycles. The van der Waals surface area contributed by atoms with Crippen molar-refractivity contribution >= 4 is 11.7 Å². The number of carbonyl (C=O) groups is 1. The number of esters is 1. The Morgan fingerprint density at radius 1 is 1.41 bits per heavy atom. The Labute approximate surface area is 168 Å². The Balaban J connectivity index is 1.92. The van der Waals surface area contributed by atoms with Gasteiger partial charge in [0.25, 0.3) is 5.92 Å². The number of hydrogen-bond acceptors (Lipinski definition) is 7. The maximum atomic E-state index is 14.4. The minimum atomic E-state index is -2.89. The summed E-state index contributed by atoms with van der Waals surface area (Å²) in [6, 6.07) is 3.53. The van der Waals surface area contributed by atoms with Crippen LogP contribution in [0.3, 0.4) is 0 Å². The minimum Gasteiger partial charge on any atom is -0.469 e. The third-order valence-corrected chi connectivity index (χ3v) is 5.18. The van der Waals surface area contributed by atoms with E-state index in [1.165, 1.54) is 7.11 Å². The first-order valence-corrected chi connectivity index (χ1v) is 9.56. The van der Waals surface area contributed by atoms with Gasteiger partial charge < -0.3 is 15.4 Å². The third-order valence-electron chi connectivity index (χ3n) is 5.18. The summed E-state index contributed by atoms with van der Waals surface area (Å²) in [4.78, 5) is 17.9. The van der Waals surface area contributed by atoms with Crippen molar-refractivity contribution in [3.63, 3.8) is 0 Å². The van der Waals surface area contributed by atoms with Crippen LogP contribution in [0.2, 0.25) is 0 Å². The molecule has 158 valence electrons. The van der Waals surface area contributed by atoms with Crippen LogP contribution in [0.1, 0.15) is 31.2 Å². The molecule has 1 aliphatic heterocycles. The van der Waals surface area contributed by atoms with E-state index in [0.717, 1.165) is 5.69 Å². The predicted molar refractivity (Wildman–Crippen MR) is 103 cm³/mol. The van der Waals surface area contributed by atoms with Crippen molar-refractivity contribution in [2.75, 3.05) is 25.1 Å². The number of alkyl halides is 2. The molecule has 3 heterocycles. The van der Waals surface area contributed by atoms with Crippen LogP contribution in [0.5, 0.6) is 0 Å². The summed E-state index contributed by atoms with van der Waals surface area (Å²) in [5.41, 5.74) is 9.05. The molecular weight excluding hydrogens is 382 g/mol. The average Bonchev–Trinajstić information content (AvgIpc) is 3.06. The molecule has 0 radical (unpaired) electrons. The molecule has 1 saturated heterocycles. The first-order chi connectivity index (χ1) is 13.8. The van der Waals surface area contributed by atoms with Gasteiger partial charge in [-0.25, -0.2) is 13.8 Å². The van der Waals surface area contributed by atoms with Crippen molar-refractivity contribution in [3.8, 4) is 11.4 Å². The van der Waals surface area contributed by atoms with Crippen molar-refractivity contribution in [1.29, 1.82) is 0 Å². The van der Waals surface area contributed by atoms with Gasteiger partial charge >= 0.3 is 5.97 Å². The van der Waals surface area contributed by atoms with E-state index in [-0.39, 0.29) is 19.4 Å². The number of hydrogen-bond donors (Lipinski definition) is 1. The van der Waals surface area contributed by atoms with Gasteiger partial charge in [-0.3, -0.25) is 9.48 Å². The molecule has 8 nitrogen and oxygen atoms in total. The lowest BCUT2D eigenvalue weighted by molar-refractivity contribution is -0.142. The van der Waals surface area contributed by atoms with Gasteiger partial charge in [-0.05, 0) is 24.5 Å². The van der Waals surface area contributed by atoms with E-state index in [9.17, 15) is 13.6 Å². The molecule has 1 aliphatic rings. The van der Waals surface area contributed by atoms with Crippen LogP contribution in [-0.4, -0.2) is 52.1 Å². The Bertz CT molecular complexity index is 886. The summed E-state index contributed by atoms with van der Waals surface area (Å²) in [5.74, 6) is -3.86. The fourth-order valence-corrected chi connectivity index (χ4v) is 3.82. The average molecular weight is 408 g/mol. The molecule has 0 aliphatic carbocycles. The smallest absolute Gasteiger partial charge is 0.305 e. The number of rotatable bonds is 6. The molecule has 0 amide bonds. The lowest BCUT2D eigenvalue weighted by Crippen LogP contribution is -2.48. The molecule has 10 heteroatoms. The monoisotopic (exact) mass is 408 g/mol. The first-order valence-electron chi connectivity index (χ1n) is 9.56. The number of nitrogens with zero attached hydrogens (tertiary/aromatic N) is 5. The summed E-state index contributed by atoms with van der Waals surface area (Å²) in [5, 5.41) is 8.13. The molecule has 0 aromatic carbocycles. The fourth-order valence-electron chi connectivity index (χ4n) is 3.82. The molecule has 2 aromatic heterocycles. The minimum absolute atomic E-state index is 0.0327. The molecule has 1 unspecified atom stereocenters. The van der Waals surface area contributed by atoms with E-state index in [1.807, 2.05) is 6.92 Å².